The molecule has 7 nitrogen and oxygen atoms in total. The van der Waals surface area contributed by atoms with Crippen molar-refractivity contribution in [3.8, 4) is 0 Å². The van der Waals surface area contributed by atoms with E-state index in [4.69, 9.17) is 14.0 Å². The van der Waals surface area contributed by atoms with Crippen molar-refractivity contribution in [1.82, 2.24) is 0 Å². The first-order chi connectivity index (χ1) is 16.0. The van der Waals surface area contributed by atoms with Gasteiger partial charge in [-0.15, -0.1) is 0 Å². The molecule has 1 N–H and O–H groups in total. The maximum absolute atomic E-state index is 13.7. The zero-order chi connectivity index (χ0) is 25.9. The Kier molecular flexibility index (Phi) is 6.82. The van der Waals surface area contributed by atoms with Crippen LogP contribution in [0.5, 0.6) is 0 Å². The fourth-order valence-corrected chi connectivity index (χ4v) is 8.20. The van der Waals surface area contributed by atoms with Gasteiger partial charge >= 0.3 is 27.3 Å². The van der Waals surface area contributed by atoms with Crippen LogP contribution in [0.2, 0.25) is 0 Å². The second kappa shape index (κ2) is 8.92. The topological polar surface area (TPSA) is 107 Å². The summed E-state index contributed by atoms with van der Waals surface area (Å²) in [6.45, 7) is 6.67. The first-order valence-corrected chi connectivity index (χ1v) is 14.2. The number of carbonyl (C=O) groups is 2. The standard InChI is InChI=1S/C25H38F2O7S/c1-22(2,3)19-6-4-18(5-7-19)20(28)33-14-23-9-16-8-17(10-23)12-24(11-16,13-23)15-34-21(29)25(26,27)35(30,31)32/h16-19H,4-15H2,1-3H3,(H,30,31,32). The lowest BCUT2D eigenvalue weighted by Crippen LogP contribution is -2.56. The molecule has 10 heteroatoms. The molecule has 0 saturated heterocycles. The third-order valence-electron chi connectivity index (χ3n) is 9.18. The highest BCUT2D eigenvalue weighted by Crippen LogP contribution is 2.65. The number of ether oxygens (including phenoxy) is 2. The highest BCUT2D eigenvalue weighted by molar-refractivity contribution is 7.87. The second-order valence-electron chi connectivity index (χ2n) is 13.1. The molecule has 0 spiro atoms. The number of esters is 2. The molecule has 0 amide bonds. The summed E-state index contributed by atoms with van der Waals surface area (Å²) in [7, 11) is -5.90. The molecular weight excluding hydrogens is 482 g/mol. The predicted molar refractivity (Wildman–Crippen MR) is 123 cm³/mol. The molecule has 0 aromatic carbocycles. The predicted octanol–water partition coefficient (Wildman–Crippen LogP) is 4.99. The van der Waals surface area contributed by atoms with E-state index in [9.17, 15) is 26.8 Å². The van der Waals surface area contributed by atoms with Gasteiger partial charge in [-0.25, -0.2) is 4.79 Å². The molecule has 5 aliphatic carbocycles. The van der Waals surface area contributed by atoms with E-state index in [1.54, 1.807) is 0 Å². The monoisotopic (exact) mass is 520 g/mol. The first-order valence-electron chi connectivity index (χ1n) is 12.7. The molecule has 5 fully saturated rings. The van der Waals surface area contributed by atoms with Gasteiger partial charge in [0.25, 0.3) is 0 Å². The molecule has 5 aliphatic rings. The molecule has 0 aromatic rings. The van der Waals surface area contributed by atoms with Gasteiger partial charge in [-0.1, -0.05) is 20.8 Å². The first kappa shape index (κ1) is 26.8. The number of hydrogen-bond acceptors (Lipinski definition) is 6. The van der Waals surface area contributed by atoms with Gasteiger partial charge in [0.1, 0.15) is 0 Å². The van der Waals surface area contributed by atoms with Gasteiger partial charge in [0, 0.05) is 10.8 Å². The average Bonchev–Trinajstić information content (AvgIpc) is 2.73. The van der Waals surface area contributed by atoms with E-state index in [-0.39, 0.29) is 35.9 Å². The van der Waals surface area contributed by atoms with E-state index in [1.807, 2.05) is 0 Å². The van der Waals surface area contributed by atoms with Crippen molar-refractivity contribution in [2.45, 2.75) is 90.2 Å². The summed E-state index contributed by atoms with van der Waals surface area (Å²) in [5.74, 6) is -1.22. The fourth-order valence-electron chi connectivity index (χ4n) is 7.93. The zero-order valence-corrected chi connectivity index (χ0v) is 21.7. The molecule has 5 rings (SSSR count). The van der Waals surface area contributed by atoms with Gasteiger partial charge in [-0.05, 0) is 87.4 Å². The minimum Gasteiger partial charge on any atom is -0.465 e. The molecule has 2 atom stereocenters. The van der Waals surface area contributed by atoms with Gasteiger partial charge in [-0.2, -0.15) is 17.2 Å². The summed E-state index contributed by atoms with van der Waals surface area (Å²) >= 11 is 0. The van der Waals surface area contributed by atoms with Gasteiger partial charge in [0.05, 0.1) is 19.1 Å². The molecular formula is C25H38F2O7S. The quantitative estimate of drug-likeness (QED) is 0.372. The van der Waals surface area contributed by atoms with E-state index in [1.165, 1.54) is 0 Å². The largest absolute Gasteiger partial charge is 0.465 e. The molecule has 0 heterocycles. The molecule has 5 saturated carbocycles. The Morgan fingerprint density at radius 1 is 0.914 bits per heavy atom. The van der Waals surface area contributed by atoms with Crippen molar-refractivity contribution in [2.75, 3.05) is 13.2 Å². The molecule has 4 bridgehead atoms. The van der Waals surface area contributed by atoms with Crippen molar-refractivity contribution in [3.63, 3.8) is 0 Å². The van der Waals surface area contributed by atoms with Crippen LogP contribution in [0.25, 0.3) is 0 Å². The summed E-state index contributed by atoms with van der Waals surface area (Å²) in [4.78, 5) is 24.7. The van der Waals surface area contributed by atoms with Gasteiger partial charge in [0.2, 0.25) is 0 Å². The average molecular weight is 521 g/mol. The Bertz CT molecular complexity index is 933. The Hall–Kier alpha value is -1.29. The van der Waals surface area contributed by atoms with E-state index in [0.717, 1.165) is 44.9 Å². The maximum atomic E-state index is 13.7. The van der Waals surface area contributed by atoms with Gasteiger partial charge in [0.15, 0.2) is 0 Å². The van der Waals surface area contributed by atoms with Crippen molar-refractivity contribution >= 4 is 22.1 Å². The van der Waals surface area contributed by atoms with Crippen LogP contribution in [0.1, 0.15) is 85.0 Å². The number of halogens is 2. The molecule has 0 radical (unpaired) electrons. The van der Waals surface area contributed by atoms with Crippen LogP contribution in [0.3, 0.4) is 0 Å². The van der Waals surface area contributed by atoms with Crippen LogP contribution >= 0.6 is 0 Å². The molecule has 0 aromatic heterocycles. The minimum absolute atomic E-state index is 0.0833. The number of hydrogen-bond donors (Lipinski definition) is 1. The molecule has 35 heavy (non-hydrogen) atoms. The highest BCUT2D eigenvalue weighted by Gasteiger charge is 2.60. The number of carbonyl (C=O) groups excluding carboxylic acids is 2. The van der Waals surface area contributed by atoms with Crippen LogP contribution in [0.4, 0.5) is 8.78 Å². The number of alkyl halides is 2. The lowest BCUT2D eigenvalue weighted by atomic mass is 9.44. The van der Waals surface area contributed by atoms with E-state index in [2.05, 4.69) is 20.8 Å². The lowest BCUT2D eigenvalue weighted by Gasteiger charge is -2.61. The smallest absolute Gasteiger partial charge is 0.465 e. The normalized spacial score (nSPS) is 37.2. The van der Waals surface area contributed by atoms with Crippen molar-refractivity contribution in [3.05, 3.63) is 0 Å². The summed E-state index contributed by atoms with van der Waals surface area (Å²) in [5, 5.41) is -4.99. The van der Waals surface area contributed by atoms with Crippen molar-refractivity contribution < 1.29 is 40.8 Å². The summed E-state index contributed by atoms with van der Waals surface area (Å²) in [6.07, 6.45) is 8.51. The summed E-state index contributed by atoms with van der Waals surface area (Å²) < 4.78 is 68.4. The van der Waals surface area contributed by atoms with Gasteiger partial charge in [-0.3, -0.25) is 9.35 Å². The second-order valence-corrected chi connectivity index (χ2v) is 14.5. The van der Waals surface area contributed by atoms with Gasteiger partial charge < -0.3 is 9.47 Å². The van der Waals surface area contributed by atoms with Crippen molar-refractivity contribution in [2.24, 2.45) is 39.9 Å². The molecule has 2 unspecified atom stereocenters. The van der Waals surface area contributed by atoms with Crippen LogP contribution in [-0.2, 0) is 29.2 Å². The highest BCUT2D eigenvalue weighted by atomic mass is 32.2. The lowest BCUT2D eigenvalue weighted by molar-refractivity contribution is -0.187. The van der Waals surface area contributed by atoms with E-state index in [0.29, 0.717) is 37.0 Å². The minimum atomic E-state index is -5.90. The molecule has 200 valence electrons. The van der Waals surface area contributed by atoms with E-state index < -0.39 is 26.8 Å². The summed E-state index contributed by atoms with van der Waals surface area (Å²) in [6, 6.07) is 0. The third-order valence-corrected chi connectivity index (χ3v) is 9.99. The SMILES string of the molecule is CC(C)(C)C1CCC(C(=O)OCC23CC4CC(C2)CC(COC(=O)C(F)(F)S(=O)(=O)O)(C4)C3)CC1. The van der Waals surface area contributed by atoms with Crippen LogP contribution in [0.15, 0.2) is 0 Å². The van der Waals surface area contributed by atoms with Crippen LogP contribution in [0, 0.1) is 39.9 Å². The Morgan fingerprint density at radius 2 is 1.40 bits per heavy atom. The van der Waals surface area contributed by atoms with Crippen LogP contribution < -0.4 is 0 Å². The third kappa shape index (κ3) is 5.38. The van der Waals surface area contributed by atoms with Crippen LogP contribution in [-0.4, -0.2) is 43.4 Å². The van der Waals surface area contributed by atoms with E-state index >= 15 is 0 Å². The molecule has 0 aliphatic heterocycles. The Labute approximate surface area is 206 Å². The zero-order valence-electron chi connectivity index (χ0n) is 20.9. The fraction of sp³-hybridized carbons (Fsp3) is 0.920. The summed E-state index contributed by atoms with van der Waals surface area (Å²) in [5.41, 5.74) is -0.566. The number of rotatable bonds is 7. The Balaban J connectivity index is 1.36. The Morgan fingerprint density at radius 3 is 1.86 bits per heavy atom. The van der Waals surface area contributed by atoms with Crippen molar-refractivity contribution in [1.29, 1.82) is 0 Å². The maximum Gasteiger partial charge on any atom is 0.465 e.